The van der Waals surface area contributed by atoms with E-state index in [-0.39, 0.29) is 23.4 Å². The Labute approximate surface area is 174 Å². The molecule has 2 saturated heterocycles. The van der Waals surface area contributed by atoms with Gasteiger partial charge in [0.25, 0.3) is 0 Å². The molecule has 0 amide bonds. The quantitative estimate of drug-likeness (QED) is 0.539. The summed E-state index contributed by atoms with van der Waals surface area (Å²) in [7, 11) is 0. The van der Waals surface area contributed by atoms with Crippen molar-refractivity contribution in [1.82, 2.24) is 9.88 Å². The molecule has 0 N–H and O–H groups in total. The second-order valence-corrected chi connectivity index (χ2v) is 10.2. The summed E-state index contributed by atoms with van der Waals surface area (Å²) in [4.78, 5) is 19.8. The zero-order chi connectivity index (χ0) is 20.0. The molecule has 0 radical (unpaired) electrons. The van der Waals surface area contributed by atoms with E-state index in [4.69, 9.17) is 4.74 Å². The first-order chi connectivity index (χ1) is 14.0. The molecule has 4 nitrogen and oxygen atoms in total. The van der Waals surface area contributed by atoms with Crippen LogP contribution in [0.25, 0.3) is 0 Å². The molecule has 5 rings (SSSR count). The highest BCUT2D eigenvalue weighted by Crippen LogP contribution is 2.57. The zero-order valence-corrected chi connectivity index (χ0v) is 17.7. The molecule has 4 fully saturated rings. The van der Waals surface area contributed by atoms with E-state index in [1.165, 1.54) is 36.8 Å². The third-order valence-electron chi connectivity index (χ3n) is 8.43. The number of likely N-dealkylation sites (tertiary alicyclic amines) is 1. The molecule has 4 aliphatic rings. The van der Waals surface area contributed by atoms with E-state index in [0.29, 0.717) is 17.9 Å². The lowest BCUT2D eigenvalue weighted by molar-refractivity contribution is -0.146. The van der Waals surface area contributed by atoms with Crippen LogP contribution in [-0.4, -0.2) is 35.0 Å². The molecular weight excluding hydrogens is 360 g/mol. The van der Waals surface area contributed by atoms with Crippen molar-refractivity contribution in [3.63, 3.8) is 0 Å². The van der Waals surface area contributed by atoms with Gasteiger partial charge < -0.3 is 4.74 Å². The van der Waals surface area contributed by atoms with E-state index >= 15 is 0 Å². The number of carbonyl (C=O) groups excluding carboxylic acids is 1. The van der Waals surface area contributed by atoms with Crippen molar-refractivity contribution in [3.8, 4) is 0 Å². The van der Waals surface area contributed by atoms with Crippen LogP contribution in [0, 0.1) is 23.2 Å². The molecule has 0 unspecified atom stereocenters. The predicted molar refractivity (Wildman–Crippen MR) is 113 cm³/mol. The van der Waals surface area contributed by atoms with Crippen LogP contribution in [0.1, 0.15) is 69.9 Å². The molecule has 0 bridgehead atoms. The Morgan fingerprint density at radius 2 is 2.24 bits per heavy atom. The highest BCUT2D eigenvalue weighted by atomic mass is 16.6. The average Bonchev–Trinajstić information content (AvgIpc) is 3.01. The number of piperidine rings is 1. The minimum absolute atomic E-state index is 0.0107. The van der Waals surface area contributed by atoms with Crippen molar-refractivity contribution in [2.45, 2.75) is 70.4 Å². The fraction of sp³-hybridized carbons (Fsp3) is 0.680. The number of nitrogens with zero attached hydrogens (tertiary/aromatic N) is 2. The Hall–Kier alpha value is -1.68. The highest BCUT2D eigenvalue weighted by Gasteiger charge is 2.55. The number of fused-ring (bicyclic) bond motifs is 2. The summed E-state index contributed by atoms with van der Waals surface area (Å²) < 4.78 is 6.00. The van der Waals surface area contributed by atoms with Crippen LogP contribution in [0.4, 0.5) is 0 Å². The summed E-state index contributed by atoms with van der Waals surface area (Å²) in [5, 5.41) is 0. The Kier molecular flexibility index (Phi) is 5.01. The van der Waals surface area contributed by atoms with Gasteiger partial charge in [-0.3, -0.25) is 14.7 Å². The van der Waals surface area contributed by atoms with Gasteiger partial charge in [-0.25, -0.2) is 0 Å². The van der Waals surface area contributed by atoms with Gasteiger partial charge in [-0.2, -0.15) is 0 Å². The van der Waals surface area contributed by atoms with Gasteiger partial charge in [0.05, 0.1) is 5.92 Å². The van der Waals surface area contributed by atoms with E-state index in [9.17, 15) is 4.79 Å². The second kappa shape index (κ2) is 7.54. The standard InChI is InChI=1S/C25H34N2O2/c1-17-7-5-10-25(2)14-23-19(13-21(17)25)20(24(28)29-23)16-27-12-4-3-9-22(27)18-8-6-11-26-15-18/h6,8,11,15,19-23H,1,3-5,7,9-10,12-14,16H2,2H3/t19-,20-,21+,22+,23-,25-/m1/s1. The third kappa shape index (κ3) is 3.43. The first-order valence-electron chi connectivity index (χ1n) is 11.6. The first-order valence-corrected chi connectivity index (χ1v) is 11.6. The molecule has 2 saturated carbocycles. The second-order valence-electron chi connectivity index (χ2n) is 10.2. The Morgan fingerprint density at radius 1 is 1.34 bits per heavy atom. The lowest BCUT2D eigenvalue weighted by Gasteiger charge is -2.50. The number of allylic oxidation sites excluding steroid dienone is 1. The summed E-state index contributed by atoms with van der Waals surface area (Å²) in [5.74, 6) is 0.969. The highest BCUT2D eigenvalue weighted by molar-refractivity contribution is 5.75. The molecule has 3 heterocycles. The van der Waals surface area contributed by atoms with Gasteiger partial charge in [0.15, 0.2) is 0 Å². The molecule has 2 aliphatic carbocycles. The van der Waals surface area contributed by atoms with Gasteiger partial charge >= 0.3 is 5.97 Å². The topological polar surface area (TPSA) is 42.4 Å². The lowest BCUT2D eigenvalue weighted by Crippen LogP contribution is -2.46. The van der Waals surface area contributed by atoms with Gasteiger partial charge in [0.2, 0.25) is 0 Å². The monoisotopic (exact) mass is 394 g/mol. The SMILES string of the molecule is C=C1CCC[C@]2(C)C[C@H]3OC(=O)[C@H](CN4CCCC[C@H]4c4cccnc4)[C@H]3C[C@@H]12. The number of hydrogen-bond acceptors (Lipinski definition) is 4. The van der Waals surface area contributed by atoms with Gasteiger partial charge in [-0.15, -0.1) is 0 Å². The molecule has 1 aromatic rings. The summed E-state index contributed by atoms with van der Waals surface area (Å²) in [5.41, 5.74) is 2.98. The molecule has 4 heteroatoms. The van der Waals surface area contributed by atoms with Crippen molar-refractivity contribution in [2.75, 3.05) is 13.1 Å². The normalized spacial score (nSPS) is 40.2. The molecule has 29 heavy (non-hydrogen) atoms. The average molecular weight is 395 g/mol. The van der Waals surface area contributed by atoms with Crippen molar-refractivity contribution in [2.24, 2.45) is 23.2 Å². The van der Waals surface area contributed by atoms with Crippen LogP contribution < -0.4 is 0 Å². The van der Waals surface area contributed by atoms with Crippen LogP contribution in [0.2, 0.25) is 0 Å². The minimum atomic E-state index is 0.0107. The van der Waals surface area contributed by atoms with Crippen LogP contribution in [0.3, 0.4) is 0 Å². The lowest BCUT2D eigenvalue weighted by atomic mass is 9.55. The fourth-order valence-corrected chi connectivity index (χ4v) is 6.88. The molecule has 1 aromatic heterocycles. The zero-order valence-electron chi connectivity index (χ0n) is 17.7. The number of rotatable bonds is 3. The summed E-state index contributed by atoms with van der Waals surface area (Å²) in [6, 6.07) is 4.59. The number of carbonyl (C=O) groups is 1. The summed E-state index contributed by atoms with van der Waals surface area (Å²) in [6.07, 6.45) is 13.3. The van der Waals surface area contributed by atoms with Gasteiger partial charge in [-0.05, 0) is 74.5 Å². The number of aromatic nitrogens is 1. The van der Waals surface area contributed by atoms with Gasteiger partial charge in [0, 0.05) is 30.9 Å². The first kappa shape index (κ1) is 19.3. The van der Waals surface area contributed by atoms with Crippen molar-refractivity contribution < 1.29 is 9.53 Å². The maximum Gasteiger partial charge on any atom is 0.310 e. The Morgan fingerprint density at radius 3 is 3.07 bits per heavy atom. The Bertz CT molecular complexity index is 778. The van der Waals surface area contributed by atoms with Crippen LogP contribution >= 0.6 is 0 Å². The van der Waals surface area contributed by atoms with Crippen molar-refractivity contribution in [3.05, 3.63) is 42.2 Å². The van der Waals surface area contributed by atoms with Crippen LogP contribution in [-0.2, 0) is 9.53 Å². The van der Waals surface area contributed by atoms with E-state index in [1.54, 1.807) is 0 Å². The van der Waals surface area contributed by atoms with E-state index < -0.39 is 0 Å². The predicted octanol–water partition coefficient (Wildman–Crippen LogP) is 4.92. The summed E-state index contributed by atoms with van der Waals surface area (Å²) >= 11 is 0. The largest absolute Gasteiger partial charge is 0.462 e. The maximum atomic E-state index is 13.0. The van der Waals surface area contributed by atoms with E-state index in [1.807, 2.05) is 18.5 Å². The molecule has 156 valence electrons. The van der Waals surface area contributed by atoms with Gasteiger partial charge in [0.1, 0.15) is 6.10 Å². The molecular formula is C25H34N2O2. The fourth-order valence-electron chi connectivity index (χ4n) is 6.88. The molecule has 0 aromatic carbocycles. The summed E-state index contributed by atoms with van der Waals surface area (Å²) in [6.45, 7) is 8.72. The molecule has 0 spiro atoms. The Balaban J connectivity index is 1.35. The number of esters is 1. The van der Waals surface area contributed by atoms with Crippen molar-refractivity contribution >= 4 is 5.97 Å². The van der Waals surface area contributed by atoms with Crippen LogP contribution in [0.5, 0.6) is 0 Å². The number of hydrogen-bond donors (Lipinski definition) is 0. The van der Waals surface area contributed by atoms with Crippen LogP contribution in [0.15, 0.2) is 36.7 Å². The van der Waals surface area contributed by atoms with Gasteiger partial charge in [-0.1, -0.05) is 31.6 Å². The maximum absolute atomic E-state index is 13.0. The smallest absolute Gasteiger partial charge is 0.310 e. The van der Waals surface area contributed by atoms with E-state index in [2.05, 4.69) is 29.5 Å². The third-order valence-corrected chi connectivity index (χ3v) is 8.43. The van der Waals surface area contributed by atoms with Crippen molar-refractivity contribution in [1.29, 1.82) is 0 Å². The molecule has 6 atom stereocenters. The van der Waals surface area contributed by atoms with E-state index in [0.717, 1.165) is 38.8 Å². The number of pyridine rings is 1. The minimum Gasteiger partial charge on any atom is -0.462 e. The molecule has 2 aliphatic heterocycles. The number of ether oxygens (including phenoxy) is 1.